The molecule has 2 unspecified atom stereocenters. The second-order valence-electron chi connectivity index (χ2n) is 3.21. The molecule has 11 heavy (non-hydrogen) atoms. The minimum absolute atomic E-state index is 0.197. The lowest BCUT2D eigenvalue weighted by Crippen LogP contribution is -2.43. The molecule has 0 rings (SSSR count). The molecule has 0 aliphatic carbocycles. The Labute approximate surface area is 68.1 Å². The number of nitrogens with two attached hydrogens (primary N) is 1. The number of ether oxygens (including phenoxy) is 1. The van der Waals surface area contributed by atoms with Gasteiger partial charge in [0, 0.05) is 7.11 Å². The van der Waals surface area contributed by atoms with Gasteiger partial charge >= 0.3 is 0 Å². The largest absolute Gasteiger partial charge is 0.365 e. The maximum atomic E-state index is 8.85. The van der Waals surface area contributed by atoms with Crippen molar-refractivity contribution in [1.82, 2.24) is 0 Å². The van der Waals surface area contributed by atoms with Gasteiger partial charge < -0.3 is 10.5 Å². The molecule has 0 radical (unpaired) electrons. The van der Waals surface area contributed by atoms with Crippen LogP contribution in [-0.2, 0) is 4.74 Å². The molecule has 2 atom stereocenters. The summed E-state index contributed by atoms with van der Waals surface area (Å²) in [7, 11) is 1.52. The molecule has 0 aliphatic heterocycles. The summed E-state index contributed by atoms with van der Waals surface area (Å²) in [4.78, 5) is 0. The molecule has 64 valence electrons. The second-order valence-corrected chi connectivity index (χ2v) is 3.21. The minimum Gasteiger partial charge on any atom is -0.365 e. The van der Waals surface area contributed by atoms with Crippen molar-refractivity contribution in [1.29, 1.82) is 5.26 Å². The van der Waals surface area contributed by atoms with Crippen molar-refractivity contribution in [2.45, 2.75) is 27.0 Å². The van der Waals surface area contributed by atoms with Crippen LogP contribution in [0.25, 0.3) is 0 Å². The van der Waals surface area contributed by atoms with E-state index in [9.17, 15) is 0 Å². The molecule has 3 nitrogen and oxygen atoms in total. The zero-order valence-electron chi connectivity index (χ0n) is 7.59. The summed E-state index contributed by atoms with van der Waals surface area (Å²) in [6.07, 6.45) is -0.507. The maximum absolute atomic E-state index is 8.85. The number of nitrogens with zero attached hydrogens (tertiary/aromatic N) is 1. The highest BCUT2D eigenvalue weighted by Gasteiger charge is 2.35. The molecule has 0 amide bonds. The Kier molecular flexibility index (Phi) is 3.50. The first-order chi connectivity index (χ1) is 4.99. The zero-order valence-corrected chi connectivity index (χ0v) is 7.59. The van der Waals surface area contributed by atoms with Crippen LogP contribution in [0.1, 0.15) is 20.8 Å². The molecule has 0 spiro atoms. The molecule has 0 heterocycles. The molecule has 0 bridgehead atoms. The van der Waals surface area contributed by atoms with Crippen molar-refractivity contribution in [3.05, 3.63) is 0 Å². The SMILES string of the molecule is COC(N)C(C)(C#N)C(C)C. The van der Waals surface area contributed by atoms with Crippen molar-refractivity contribution in [2.24, 2.45) is 17.1 Å². The van der Waals surface area contributed by atoms with Crippen LogP contribution in [0.4, 0.5) is 0 Å². The van der Waals surface area contributed by atoms with E-state index in [1.54, 1.807) is 0 Å². The van der Waals surface area contributed by atoms with Gasteiger partial charge in [0.1, 0.15) is 6.23 Å². The highest BCUT2D eigenvalue weighted by Crippen LogP contribution is 2.29. The molecule has 0 aliphatic rings. The summed E-state index contributed by atoms with van der Waals surface area (Å²) in [6, 6.07) is 2.18. The average Bonchev–Trinajstić information content (AvgIpc) is 2.01. The Morgan fingerprint density at radius 1 is 1.55 bits per heavy atom. The van der Waals surface area contributed by atoms with Gasteiger partial charge in [0.15, 0.2) is 0 Å². The average molecular weight is 156 g/mol. The van der Waals surface area contributed by atoms with Gasteiger partial charge in [-0.05, 0) is 12.8 Å². The smallest absolute Gasteiger partial charge is 0.124 e. The Morgan fingerprint density at radius 3 is 2.09 bits per heavy atom. The van der Waals surface area contributed by atoms with Gasteiger partial charge in [0.2, 0.25) is 0 Å². The first kappa shape index (κ1) is 10.4. The van der Waals surface area contributed by atoms with E-state index in [4.69, 9.17) is 15.7 Å². The quantitative estimate of drug-likeness (QED) is 0.622. The van der Waals surface area contributed by atoms with Crippen LogP contribution >= 0.6 is 0 Å². The van der Waals surface area contributed by atoms with Gasteiger partial charge in [-0.15, -0.1) is 0 Å². The number of nitriles is 1. The van der Waals surface area contributed by atoms with Gasteiger partial charge in [-0.1, -0.05) is 13.8 Å². The number of hydrogen-bond acceptors (Lipinski definition) is 3. The van der Waals surface area contributed by atoms with E-state index in [1.165, 1.54) is 7.11 Å². The molecule has 0 aromatic rings. The molecular weight excluding hydrogens is 140 g/mol. The zero-order chi connectivity index (χ0) is 9.07. The molecule has 0 fully saturated rings. The van der Waals surface area contributed by atoms with E-state index >= 15 is 0 Å². The summed E-state index contributed by atoms with van der Waals surface area (Å²) in [5.41, 5.74) is 5.03. The Morgan fingerprint density at radius 2 is 2.00 bits per heavy atom. The fraction of sp³-hybridized carbons (Fsp3) is 0.875. The van der Waals surface area contributed by atoms with Crippen LogP contribution in [0.15, 0.2) is 0 Å². The summed E-state index contributed by atoms with van der Waals surface area (Å²) in [6.45, 7) is 5.73. The predicted octanol–water partition coefficient (Wildman–Crippen LogP) is 1.10. The van der Waals surface area contributed by atoms with E-state index in [0.29, 0.717) is 0 Å². The van der Waals surface area contributed by atoms with Gasteiger partial charge in [-0.3, -0.25) is 0 Å². The number of hydrogen-bond donors (Lipinski definition) is 1. The van der Waals surface area contributed by atoms with E-state index in [0.717, 1.165) is 0 Å². The lowest BCUT2D eigenvalue weighted by molar-refractivity contribution is 0.00834. The van der Waals surface area contributed by atoms with Crippen molar-refractivity contribution in [3.63, 3.8) is 0 Å². The van der Waals surface area contributed by atoms with Crippen molar-refractivity contribution >= 4 is 0 Å². The molecule has 0 saturated carbocycles. The summed E-state index contributed by atoms with van der Waals surface area (Å²) in [5.74, 6) is 0.197. The normalized spacial score (nSPS) is 19.0. The van der Waals surface area contributed by atoms with E-state index < -0.39 is 11.6 Å². The first-order valence-electron chi connectivity index (χ1n) is 3.68. The Hall–Kier alpha value is -0.590. The van der Waals surface area contributed by atoms with Gasteiger partial charge in [-0.25, -0.2) is 0 Å². The topological polar surface area (TPSA) is 59.0 Å². The predicted molar refractivity (Wildman–Crippen MR) is 43.5 cm³/mol. The lowest BCUT2D eigenvalue weighted by Gasteiger charge is -2.30. The number of rotatable bonds is 3. The molecule has 0 aromatic carbocycles. The Balaban J connectivity index is 4.49. The van der Waals surface area contributed by atoms with Crippen LogP contribution in [0.2, 0.25) is 0 Å². The Bertz CT molecular complexity index is 162. The van der Waals surface area contributed by atoms with Crippen molar-refractivity contribution in [3.8, 4) is 6.07 Å². The van der Waals surface area contributed by atoms with Crippen LogP contribution < -0.4 is 5.73 Å². The summed E-state index contributed by atoms with van der Waals surface area (Å²) in [5, 5.41) is 8.85. The van der Waals surface area contributed by atoms with Gasteiger partial charge in [-0.2, -0.15) is 5.26 Å². The van der Waals surface area contributed by atoms with Crippen LogP contribution in [0.3, 0.4) is 0 Å². The maximum Gasteiger partial charge on any atom is 0.124 e. The molecular formula is C8H16N2O. The van der Waals surface area contributed by atoms with E-state index in [-0.39, 0.29) is 5.92 Å². The van der Waals surface area contributed by atoms with Crippen molar-refractivity contribution in [2.75, 3.05) is 7.11 Å². The molecule has 0 saturated heterocycles. The standard InChI is InChI=1S/C8H16N2O/c1-6(2)8(3,5-9)7(10)11-4/h6-7H,10H2,1-4H3. The monoisotopic (exact) mass is 156 g/mol. The molecule has 0 aromatic heterocycles. The highest BCUT2D eigenvalue weighted by atomic mass is 16.5. The van der Waals surface area contributed by atoms with E-state index in [2.05, 4.69) is 6.07 Å². The fourth-order valence-corrected chi connectivity index (χ4v) is 0.766. The minimum atomic E-state index is -0.589. The molecule has 2 N–H and O–H groups in total. The van der Waals surface area contributed by atoms with E-state index in [1.807, 2.05) is 20.8 Å². The third kappa shape index (κ3) is 1.92. The third-order valence-electron chi connectivity index (χ3n) is 2.29. The number of methoxy groups -OCH3 is 1. The van der Waals surface area contributed by atoms with Crippen LogP contribution in [0.5, 0.6) is 0 Å². The fourth-order valence-electron chi connectivity index (χ4n) is 0.766. The lowest BCUT2D eigenvalue weighted by atomic mass is 9.79. The van der Waals surface area contributed by atoms with Crippen LogP contribution in [-0.4, -0.2) is 13.3 Å². The van der Waals surface area contributed by atoms with Gasteiger partial charge in [0.05, 0.1) is 11.5 Å². The third-order valence-corrected chi connectivity index (χ3v) is 2.29. The summed E-state index contributed by atoms with van der Waals surface area (Å²) < 4.78 is 4.92. The molecule has 3 heteroatoms. The second kappa shape index (κ2) is 3.70. The van der Waals surface area contributed by atoms with Crippen LogP contribution in [0, 0.1) is 22.7 Å². The van der Waals surface area contributed by atoms with Gasteiger partial charge in [0.25, 0.3) is 0 Å². The first-order valence-corrected chi connectivity index (χ1v) is 3.68. The summed E-state index contributed by atoms with van der Waals surface area (Å²) >= 11 is 0. The highest BCUT2D eigenvalue weighted by molar-refractivity contribution is 5.01. The van der Waals surface area contributed by atoms with Crippen molar-refractivity contribution < 1.29 is 4.74 Å².